The van der Waals surface area contributed by atoms with E-state index in [0.29, 0.717) is 16.3 Å². The maximum atomic E-state index is 10.1. The predicted molar refractivity (Wildman–Crippen MR) is 79.0 cm³/mol. The third-order valence-electron chi connectivity index (χ3n) is 3.00. The van der Waals surface area contributed by atoms with Crippen LogP contribution in [0, 0.1) is 0 Å². The maximum absolute atomic E-state index is 10.1. The molecule has 0 bridgehead atoms. The highest BCUT2D eigenvalue weighted by Crippen LogP contribution is 2.29. The minimum atomic E-state index is -0.714. The van der Waals surface area contributed by atoms with Crippen molar-refractivity contribution in [2.75, 3.05) is 6.61 Å². The molecule has 0 fully saturated rings. The summed E-state index contributed by atoms with van der Waals surface area (Å²) in [6.07, 6.45) is -1.40. The van der Waals surface area contributed by atoms with Crippen LogP contribution >= 0.6 is 11.6 Å². The fourth-order valence-corrected chi connectivity index (χ4v) is 2.10. The van der Waals surface area contributed by atoms with E-state index in [1.807, 2.05) is 30.3 Å². The average molecular weight is 293 g/mol. The molecule has 0 amide bonds. The second kappa shape index (κ2) is 6.75. The van der Waals surface area contributed by atoms with Crippen LogP contribution in [0.4, 0.5) is 0 Å². The van der Waals surface area contributed by atoms with E-state index in [1.165, 1.54) is 0 Å². The van der Waals surface area contributed by atoms with E-state index in [0.717, 1.165) is 5.56 Å². The Morgan fingerprint density at radius 3 is 2.45 bits per heavy atom. The second-order valence-electron chi connectivity index (χ2n) is 4.60. The lowest BCUT2D eigenvalue weighted by molar-refractivity contribution is 0.105. The fourth-order valence-electron chi connectivity index (χ4n) is 1.92. The summed E-state index contributed by atoms with van der Waals surface area (Å²) in [5.41, 5.74) is 1.40. The van der Waals surface area contributed by atoms with Crippen LogP contribution in [0.2, 0.25) is 5.02 Å². The Hall–Kier alpha value is -1.55. The van der Waals surface area contributed by atoms with Crippen molar-refractivity contribution in [1.29, 1.82) is 0 Å². The molecule has 2 aromatic carbocycles. The molecule has 2 N–H and O–H groups in total. The number of benzene rings is 2. The molecule has 0 saturated carbocycles. The van der Waals surface area contributed by atoms with E-state index in [1.54, 1.807) is 25.1 Å². The van der Waals surface area contributed by atoms with Crippen LogP contribution in [0.25, 0.3) is 0 Å². The molecule has 4 heteroatoms. The number of hydrogen-bond acceptors (Lipinski definition) is 3. The number of rotatable bonds is 5. The third-order valence-corrected chi connectivity index (χ3v) is 3.24. The van der Waals surface area contributed by atoms with Crippen molar-refractivity contribution in [3.63, 3.8) is 0 Å². The molecule has 0 heterocycles. The summed E-state index contributed by atoms with van der Waals surface area (Å²) in [6.45, 7) is 1.76. The molecule has 0 aliphatic carbocycles. The van der Waals surface area contributed by atoms with Gasteiger partial charge in [-0.25, -0.2) is 0 Å². The van der Waals surface area contributed by atoms with Gasteiger partial charge < -0.3 is 14.9 Å². The van der Waals surface area contributed by atoms with Gasteiger partial charge in [0.15, 0.2) is 0 Å². The molecule has 3 nitrogen and oxygen atoms in total. The summed E-state index contributed by atoms with van der Waals surface area (Å²) in [7, 11) is 0. The Kier molecular flexibility index (Phi) is 5.01. The van der Waals surface area contributed by atoms with Crippen LogP contribution in [-0.2, 0) is 0 Å². The lowest BCUT2D eigenvalue weighted by atomic mass is 10.1. The van der Waals surface area contributed by atoms with Gasteiger partial charge in [-0.15, -0.1) is 0 Å². The summed E-state index contributed by atoms with van der Waals surface area (Å²) in [6, 6.07) is 14.3. The van der Waals surface area contributed by atoms with Crippen LogP contribution in [0.3, 0.4) is 0 Å². The summed E-state index contributed by atoms with van der Waals surface area (Å²) >= 11 is 5.90. The van der Waals surface area contributed by atoms with Gasteiger partial charge in [0.1, 0.15) is 18.5 Å². The standard InChI is InChI=1S/C16H17ClO3/c1-11(18)14-9-13(17)7-8-16(14)20-10-15(19)12-5-3-2-4-6-12/h2-9,11,15,18-19H,10H2,1H3. The van der Waals surface area contributed by atoms with E-state index in [2.05, 4.69) is 0 Å². The largest absolute Gasteiger partial charge is 0.490 e. The van der Waals surface area contributed by atoms with Crippen molar-refractivity contribution in [3.8, 4) is 5.75 Å². The van der Waals surface area contributed by atoms with Crippen molar-refractivity contribution in [3.05, 3.63) is 64.7 Å². The molecule has 0 saturated heterocycles. The summed E-state index contributed by atoms with van der Waals surface area (Å²) < 4.78 is 5.60. The van der Waals surface area contributed by atoms with Crippen molar-refractivity contribution >= 4 is 11.6 Å². The van der Waals surface area contributed by atoms with E-state index >= 15 is 0 Å². The van der Waals surface area contributed by atoms with Crippen molar-refractivity contribution < 1.29 is 14.9 Å². The Labute approximate surface area is 123 Å². The molecular weight excluding hydrogens is 276 g/mol. The highest BCUT2D eigenvalue weighted by molar-refractivity contribution is 6.30. The predicted octanol–water partition coefficient (Wildman–Crippen LogP) is 3.51. The van der Waals surface area contributed by atoms with Gasteiger partial charge in [-0.05, 0) is 30.7 Å². The van der Waals surface area contributed by atoms with Crippen LogP contribution < -0.4 is 4.74 Å². The minimum absolute atomic E-state index is 0.116. The Morgan fingerprint density at radius 1 is 1.10 bits per heavy atom. The van der Waals surface area contributed by atoms with Gasteiger partial charge in [-0.2, -0.15) is 0 Å². The molecule has 0 aromatic heterocycles. The zero-order valence-electron chi connectivity index (χ0n) is 11.2. The molecule has 2 atom stereocenters. The Bertz CT molecular complexity index is 555. The first-order valence-corrected chi connectivity index (χ1v) is 6.79. The number of halogens is 1. The van der Waals surface area contributed by atoms with Gasteiger partial charge in [0.05, 0.1) is 6.10 Å². The molecule has 2 rings (SSSR count). The van der Waals surface area contributed by atoms with E-state index < -0.39 is 12.2 Å². The number of ether oxygens (including phenoxy) is 1. The van der Waals surface area contributed by atoms with E-state index in [4.69, 9.17) is 16.3 Å². The summed E-state index contributed by atoms with van der Waals surface area (Å²) in [5, 5.41) is 20.3. The Balaban J connectivity index is 2.08. The van der Waals surface area contributed by atoms with Gasteiger partial charge in [0.25, 0.3) is 0 Å². The second-order valence-corrected chi connectivity index (χ2v) is 5.03. The topological polar surface area (TPSA) is 49.7 Å². The van der Waals surface area contributed by atoms with Crippen LogP contribution in [0.1, 0.15) is 30.3 Å². The average Bonchev–Trinajstić information content (AvgIpc) is 2.46. The zero-order chi connectivity index (χ0) is 14.5. The summed E-state index contributed by atoms with van der Waals surface area (Å²) in [5.74, 6) is 0.527. The maximum Gasteiger partial charge on any atom is 0.125 e. The monoisotopic (exact) mass is 292 g/mol. The molecule has 2 unspecified atom stereocenters. The number of aliphatic hydroxyl groups excluding tert-OH is 2. The van der Waals surface area contributed by atoms with Gasteiger partial charge in [0, 0.05) is 10.6 Å². The van der Waals surface area contributed by atoms with Gasteiger partial charge in [-0.1, -0.05) is 41.9 Å². The van der Waals surface area contributed by atoms with E-state index in [-0.39, 0.29) is 6.61 Å². The normalized spacial score (nSPS) is 13.8. The molecule has 0 radical (unpaired) electrons. The van der Waals surface area contributed by atoms with E-state index in [9.17, 15) is 10.2 Å². The van der Waals surface area contributed by atoms with Gasteiger partial charge in [-0.3, -0.25) is 0 Å². The molecule has 2 aromatic rings. The van der Waals surface area contributed by atoms with Crippen LogP contribution in [0.5, 0.6) is 5.75 Å². The highest BCUT2D eigenvalue weighted by atomic mass is 35.5. The lowest BCUT2D eigenvalue weighted by Crippen LogP contribution is -2.11. The SMILES string of the molecule is CC(O)c1cc(Cl)ccc1OCC(O)c1ccccc1. The highest BCUT2D eigenvalue weighted by Gasteiger charge is 2.13. The lowest BCUT2D eigenvalue weighted by Gasteiger charge is -2.16. The van der Waals surface area contributed by atoms with Gasteiger partial charge >= 0.3 is 0 Å². The summed E-state index contributed by atoms with van der Waals surface area (Å²) in [4.78, 5) is 0. The molecular formula is C16H17ClO3. The molecule has 20 heavy (non-hydrogen) atoms. The quantitative estimate of drug-likeness (QED) is 0.887. The smallest absolute Gasteiger partial charge is 0.125 e. The fraction of sp³-hybridized carbons (Fsp3) is 0.250. The number of aliphatic hydroxyl groups is 2. The van der Waals surface area contributed by atoms with Crippen LogP contribution in [-0.4, -0.2) is 16.8 Å². The first-order chi connectivity index (χ1) is 9.58. The van der Waals surface area contributed by atoms with Crippen molar-refractivity contribution in [2.45, 2.75) is 19.1 Å². The molecule has 106 valence electrons. The minimum Gasteiger partial charge on any atom is -0.490 e. The molecule has 0 aliphatic heterocycles. The molecule has 0 aliphatic rings. The van der Waals surface area contributed by atoms with Gasteiger partial charge in [0.2, 0.25) is 0 Å². The zero-order valence-corrected chi connectivity index (χ0v) is 11.9. The first kappa shape index (κ1) is 14.9. The molecule has 0 spiro atoms. The third kappa shape index (κ3) is 3.73. The van der Waals surface area contributed by atoms with Crippen molar-refractivity contribution in [2.24, 2.45) is 0 Å². The number of hydrogen-bond donors (Lipinski definition) is 2. The van der Waals surface area contributed by atoms with Crippen molar-refractivity contribution in [1.82, 2.24) is 0 Å². The first-order valence-electron chi connectivity index (χ1n) is 6.41. The Morgan fingerprint density at radius 2 is 1.80 bits per heavy atom. The van der Waals surface area contributed by atoms with Crippen LogP contribution in [0.15, 0.2) is 48.5 Å².